The van der Waals surface area contributed by atoms with Gasteiger partial charge in [-0.15, -0.1) is 0 Å². The molecule has 0 saturated carbocycles. The Morgan fingerprint density at radius 1 is 1.33 bits per heavy atom. The molecular weight excluding hydrogens is 229 g/mol. The summed E-state index contributed by atoms with van der Waals surface area (Å²) in [6.07, 6.45) is 1.52. The number of hydrogen-bond donors (Lipinski definition) is 1. The van der Waals surface area contributed by atoms with Crippen molar-refractivity contribution < 1.29 is 9.13 Å². The van der Waals surface area contributed by atoms with E-state index in [1.54, 1.807) is 6.07 Å². The highest BCUT2D eigenvalue weighted by atomic mass is 19.1. The van der Waals surface area contributed by atoms with Gasteiger partial charge in [0.2, 0.25) is 0 Å². The van der Waals surface area contributed by atoms with Crippen molar-refractivity contribution in [3.8, 4) is 0 Å². The average molecular weight is 253 g/mol. The molecule has 1 aromatic carbocycles. The zero-order valence-corrected chi connectivity index (χ0v) is 11.8. The number of halogens is 1. The highest BCUT2D eigenvalue weighted by Crippen LogP contribution is 2.23. The van der Waals surface area contributed by atoms with Crippen LogP contribution in [0.1, 0.15) is 32.8 Å². The predicted octanol–water partition coefficient (Wildman–Crippen LogP) is 3.16. The number of ether oxygens (including phenoxy) is 1. The van der Waals surface area contributed by atoms with E-state index < -0.39 is 0 Å². The fraction of sp³-hybridized carbons (Fsp3) is 0.600. The lowest BCUT2D eigenvalue weighted by Crippen LogP contribution is -2.50. The lowest BCUT2D eigenvalue weighted by Gasteiger charge is -2.37. The Bertz CT molecular complexity index is 369. The normalized spacial score (nSPS) is 16.3. The van der Waals surface area contributed by atoms with Gasteiger partial charge in [-0.05, 0) is 45.4 Å². The second-order valence-electron chi connectivity index (χ2n) is 4.74. The Morgan fingerprint density at radius 3 is 2.50 bits per heavy atom. The first-order chi connectivity index (χ1) is 8.57. The van der Waals surface area contributed by atoms with Crippen molar-refractivity contribution in [3.05, 3.63) is 35.6 Å². The summed E-state index contributed by atoms with van der Waals surface area (Å²) in [5, 5.41) is 3.26. The molecule has 0 fully saturated rings. The van der Waals surface area contributed by atoms with Crippen LogP contribution in [-0.2, 0) is 11.2 Å². The number of rotatable bonds is 7. The first-order valence-electron chi connectivity index (χ1n) is 6.62. The van der Waals surface area contributed by atoms with E-state index in [0.717, 1.165) is 12.0 Å². The number of benzene rings is 1. The van der Waals surface area contributed by atoms with Gasteiger partial charge >= 0.3 is 0 Å². The van der Waals surface area contributed by atoms with Crippen LogP contribution in [0.4, 0.5) is 4.39 Å². The molecular formula is C15H24FNO. The SMILES string of the molecule is CCOC(C)(CC)C(Cc1ccccc1F)NC. The molecule has 102 valence electrons. The topological polar surface area (TPSA) is 21.3 Å². The van der Waals surface area contributed by atoms with Crippen molar-refractivity contribution in [2.75, 3.05) is 13.7 Å². The third-order valence-corrected chi connectivity index (χ3v) is 3.64. The second kappa shape index (κ2) is 6.86. The van der Waals surface area contributed by atoms with Gasteiger partial charge in [0.15, 0.2) is 0 Å². The number of likely N-dealkylation sites (N-methyl/N-ethyl adjacent to an activating group) is 1. The van der Waals surface area contributed by atoms with E-state index in [2.05, 4.69) is 19.2 Å². The Kier molecular flexibility index (Phi) is 5.76. The highest BCUT2D eigenvalue weighted by Gasteiger charge is 2.32. The van der Waals surface area contributed by atoms with Gasteiger partial charge in [-0.25, -0.2) is 4.39 Å². The minimum absolute atomic E-state index is 0.0966. The zero-order chi connectivity index (χ0) is 13.6. The summed E-state index contributed by atoms with van der Waals surface area (Å²) in [6.45, 7) is 6.84. The Hall–Kier alpha value is -0.930. The third-order valence-electron chi connectivity index (χ3n) is 3.64. The Labute approximate surface area is 110 Å². The van der Waals surface area contributed by atoms with Crippen molar-refractivity contribution in [3.63, 3.8) is 0 Å². The van der Waals surface area contributed by atoms with Crippen molar-refractivity contribution in [1.29, 1.82) is 0 Å². The van der Waals surface area contributed by atoms with Gasteiger partial charge in [0.05, 0.1) is 5.60 Å². The zero-order valence-electron chi connectivity index (χ0n) is 11.8. The maximum absolute atomic E-state index is 13.7. The summed E-state index contributed by atoms with van der Waals surface area (Å²) < 4.78 is 19.6. The largest absolute Gasteiger partial charge is 0.374 e. The summed E-state index contributed by atoms with van der Waals surface area (Å²) in [5.41, 5.74) is 0.461. The minimum Gasteiger partial charge on any atom is -0.374 e. The summed E-state index contributed by atoms with van der Waals surface area (Å²) >= 11 is 0. The average Bonchev–Trinajstić information content (AvgIpc) is 2.38. The van der Waals surface area contributed by atoms with E-state index in [9.17, 15) is 4.39 Å². The molecule has 0 bridgehead atoms. The van der Waals surface area contributed by atoms with Crippen LogP contribution in [0.2, 0.25) is 0 Å². The quantitative estimate of drug-likeness (QED) is 0.806. The maximum atomic E-state index is 13.7. The molecule has 0 amide bonds. The van der Waals surface area contributed by atoms with E-state index in [4.69, 9.17) is 4.74 Å². The fourth-order valence-electron chi connectivity index (χ4n) is 2.29. The van der Waals surface area contributed by atoms with Crippen LogP contribution in [0.25, 0.3) is 0 Å². The van der Waals surface area contributed by atoms with Gasteiger partial charge in [0.1, 0.15) is 5.82 Å². The van der Waals surface area contributed by atoms with Crippen LogP contribution in [0.3, 0.4) is 0 Å². The van der Waals surface area contributed by atoms with E-state index >= 15 is 0 Å². The molecule has 1 aromatic rings. The fourth-order valence-corrected chi connectivity index (χ4v) is 2.29. The summed E-state index contributed by atoms with van der Waals surface area (Å²) in [7, 11) is 1.90. The van der Waals surface area contributed by atoms with Crippen molar-refractivity contribution in [2.24, 2.45) is 0 Å². The van der Waals surface area contributed by atoms with Gasteiger partial charge < -0.3 is 10.1 Å². The van der Waals surface area contributed by atoms with Crippen LogP contribution in [0, 0.1) is 5.82 Å². The van der Waals surface area contributed by atoms with Crippen molar-refractivity contribution >= 4 is 0 Å². The van der Waals surface area contributed by atoms with E-state index in [1.807, 2.05) is 26.1 Å². The smallest absolute Gasteiger partial charge is 0.126 e. The molecule has 2 unspecified atom stereocenters. The lowest BCUT2D eigenvalue weighted by molar-refractivity contribution is -0.0535. The second-order valence-corrected chi connectivity index (χ2v) is 4.74. The molecule has 1 N–H and O–H groups in total. The molecule has 0 spiro atoms. The van der Waals surface area contributed by atoms with Crippen molar-refractivity contribution in [2.45, 2.75) is 45.3 Å². The van der Waals surface area contributed by atoms with Gasteiger partial charge in [0.25, 0.3) is 0 Å². The monoisotopic (exact) mass is 253 g/mol. The van der Waals surface area contributed by atoms with Crippen LogP contribution in [0.15, 0.2) is 24.3 Å². The molecule has 0 aliphatic heterocycles. The standard InChI is InChI=1S/C15H24FNO/c1-5-15(3,18-6-2)14(17-4)11-12-9-7-8-10-13(12)16/h7-10,14,17H,5-6,11H2,1-4H3. The Morgan fingerprint density at radius 2 is 2.00 bits per heavy atom. The van der Waals surface area contributed by atoms with Gasteiger partial charge in [0, 0.05) is 12.6 Å². The molecule has 2 nitrogen and oxygen atoms in total. The Balaban J connectivity index is 2.87. The molecule has 0 radical (unpaired) electrons. The molecule has 0 aliphatic rings. The van der Waals surface area contributed by atoms with E-state index in [0.29, 0.717) is 13.0 Å². The van der Waals surface area contributed by atoms with E-state index in [1.165, 1.54) is 6.07 Å². The van der Waals surface area contributed by atoms with Crippen LogP contribution in [0.5, 0.6) is 0 Å². The summed E-state index contributed by atoms with van der Waals surface area (Å²) in [5.74, 6) is -0.146. The highest BCUT2D eigenvalue weighted by molar-refractivity contribution is 5.19. The minimum atomic E-state index is -0.272. The molecule has 2 atom stereocenters. The number of nitrogens with one attached hydrogen (secondary N) is 1. The van der Waals surface area contributed by atoms with Gasteiger partial charge in [-0.1, -0.05) is 25.1 Å². The first-order valence-corrected chi connectivity index (χ1v) is 6.62. The molecule has 0 heterocycles. The molecule has 18 heavy (non-hydrogen) atoms. The molecule has 3 heteroatoms. The first kappa shape index (κ1) is 15.1. The maximum Gasteiger partial charge on any atom is 0.126 e. The van der Waals surface area contributed by atoms with Gasteiger partial charge in [-0.2, -0.15) is 0 Å². The van der Waals surface area contributed by atoms with Crippen LogP contribution in [-0.4, -0.2) is 25.3 Å². The molecule has 1 rings (SSSR count). The van der Waals surface area contributed by atoms with E-state index in [-0.39, 0.29) is 17.5 Å². The lowest BCUT2D eigenvalue weighted by atomic mass is 9.88. The third kappa shape index (κ3) is 3.53. The van der Waals surface area contributed by atoms with Crippen LogP contribution < -0.4 is 5.32 Å². The predicted molar refractivity (Wildman–Crippen MR) is 73.3 cm³/mol. The van der Waals surface area contributed by atoms with Crippen molar-refractivity contribution in [1.82, 2.24) is 5.32 Å². The molecule has 0 aliphatic carbocycles. The summed E-state index contributed by atoms with van der Waals surface area (Å²) in [4.78, 5) is 0. The van der Waals surface area contributed by atoms with Gasteiger partial charge in [-0.3, -0.25) is 0 Å². The molecule has 0 saturated heterocycles. The summed E-state index contributed by atoms with van der Waals surface area (Å²) in [6, 6.07) is 7.02. The van der Waals surface area contributed by atoms with Crippen LogP contribution >= 0.6 is 0 Å². The number of hydrogen-bond acceptors (Lipinski definition) is 2. The molecule has 0 aromatic heterocycles.